The second kappa shape index (κ2) is 8.69. The number of benzene rings is 3. The van der Waals surface area contributed by atoms with Crippen molar-refractivity contribution in [3.63, 3.8) is 0 Å². The second-order valence-electron chi connectivity index (χ2n) is 8.69. The molecule has 0 aliphatic carbocycles. The first-order valence-corrected chi connectivity index (χ1v) is 13.0. The normalized spacial score (nSPS) is 19.0. The van der Waals surface area contributed by atoms with Crippen molar-refractivity contribution in [1.82, 2.24) is 9.62 Å². The number of carbonyl (C=O) groups excluding carboxylic acids is 2. The summed E-state index contributed by atoms with van der Waals surface area (Å²) in [6, 6.07) is 16.1. The molecule has 1 unspecified atom stereocenters. The number of hydrogen-bond acceptors (Lipinski definition) is 4. The molecule has 2 heterocycles. The van der Waals surface area contributed by atoms with Crippen LogP contribution in [0.4, 0.5) is 5.69 Å². The predicted octanol–water partition coefficient (Wildman–Crippen LogP) is 3.35. The number of nitrogens with zero attached hydrogens (tertiary/aromatic N) is 2. The number of hydrogen-bond donors (Lipinski definition) is 1. The van der Waals surface area contributed by atoms with Gasteiger partial charge in [0.25, 0.3) is 0 Å². The van der Waals surface area contributed by atoms with E-state index in [0.717, 1.165) is 28.4 Å². The summed E-state index contributed by atoms with van der Waals surface area (Å²) in [6.07, 6.45) is 1.08. The van der Waals surface area contributed by atoms with Crippen LogP contribution in [-0.2, 0) is 26.0 Å². The van der Waals surface area contributed by atoms with Crippen LogP contribution in [0.2, 0.25) is 5.02 Å². The van der Waals surface area contributed by atoms with Crippen molar-refractivity contribution in [1.29, 1.82) is 0 Å². The molecule has 3 aromatic carbocycles. The molecule has 2 aliphatic heterocycles. The Kier molecular flexibility index (Phi) is 5.83. The van der Waals surface area contributed by atoms with Crippen LogP contribution >= 0.6 is 11.6 Å². The fourth-order valence-corrected chi connectivity index (χ4v) is 6.18. The largest absolute Gasteiger partial charge is 0.329 e. The topological polar surface area (TPSA) is 86.8 Å². The first-order chi connectivity index (χ1) is 16.2. The Labute approximate surface area is 203 Å². The molecule has 0 aromatic heterocycles. The SMILES string of the molecule is C[C@@H](C(=O)N1CCc2ccccc21)N1CCC(NS(=O)(=O)c2ccc3cc(Cl)ccc3c2)C1=O. The summed E-state index contributed by atoms with van der Waals surface area (Å²) in [5.41, 5.74) is 1.99. The number of likely N-dealkylation sites (tertiary alicyclic amines) is 1. The van der Waals surface area contributed by atoms with Gasteiger partial charge in [0.05, 0.1) is 4.90 Å². The number of para-hydroxylation sites is 1. The maximum Gasteiger partial charge on any atom is 0.249 e. The highest BCUT2D eigenvalue weighted by Crippen LogP contribution is 2.29. The third-order valence-electron chi connectivity index (χ3n) is 6.60. The van der Waals surface area contributed by atoms with Crippen LogP contribution in [0, 0.1) is 0 Å². The molecule has 1 saturated heterocycles. The summed E-state index contributed by atoms with van der Waals surface area (Å²) in [7, 11) is -3.93. The Morgan fingerprint density at radius 2 is 1.79 bits per heavy atom. The van der Waals surface area contributed by atoms with Crippen molar-refractivity contribution in [2.75, 3.05) is 18.0 Å². The van der Waals surface area contributed by atoms with Gasteiger partial charge in [-0.25, -0.2) is 8.42 Å². The van der Waals surface area contributed by atoms with Crippen LogP contribution in [-0.4, -0.2) is 50.3 Å². The van der Waals surface area contributed by atoms with Crippen molar-refractivity contribution in [3.05, 3.63) is 71.2 Å². The molecule has 1 N–H and O–H groups in total. The zero-order chi connectivity index (χ0) is 24.0. The van der Waals surface area contributed by atoms with E-state index < -0.39 is 22.1 Å². The van der Waals surface area contributed by atoms with E-state index in [1.165, 1.54) is 11.0 Å². The average Bonchev–Trinajstić information content (AvgIpc) is 3.41. The van der Waals surface area contributed by atoms with Crippen molar-refractivity contribution < 1.29 is 18.0 Å². The van der Waals surface area contributed by atoms with Gasteiger partial charge in [0.15, 0.2) is 0 Å². The Balaban J connectivity index is 1.30. The fourth-order valence-electron chi connectivity index (χ4n) is 4.74. The first kappa shape index (κ1) is 22.8. The number of rotatable bonds is 5. The van der Waals surface area contributed by atoms with Gasteiger partial charge in [-0.3, -0.25) is 9.59 Å². The summed E-state index contributed by atoms with van der Waals surface area (Å²) in [5.74, 6) is -0.542. The zero-order valence-electron chi connectivity index (χ0n) is 18.6. The minimum Gasteiger partial charge on any atom is -0.329 e. The van der Waals surface area contributed by atoms with Gasteiger partial charge in [0.2, 0.25) is 21.8 Å². The second-order valence-corrected chi connectivity index (χ2v) is 10.8. The number of nitrogens with one attached hydrogen (secondary N) is 1. The van der Waals surface area contributed by atoms with E-state index in [-0.39, 0.29) is 16.7 Å². The fraction of sp³-hybridized carbons (Fsp3) is 0.280. The zero-order valence-corrected chi connectivity index (χ0v) is 20.1. The number of amides is 2. The molecule has 5 rings (SSSR count). The molecular formula is C25H24ClN3O4S. The molecule has 34 heavy (non-hydrogen) atoms. The van der Waals surface area contributed by atoms with Gasteiger partial charge in [-0.15, -0.1) is 0 Å². The van der Waals surface area contributed by atoms with Crippen molar-refractivity contribution in [2.24, 2.45) is 0 Å². The summed E-state index contributed by atoms with van der Waals surface area (Å²) < 4.78 is 28.6. The molecule has 0 saturated carbocycles. The van der Waals surface area contributed by atoms with Crippen molar-refractivity contribution >= 4 is 49.9 Å². The van der Waals surface area contributed by atoms with E-state index in [1.807, 2.05) is 24.3 Å². The standard InChI is InChI=1S/C25H24ClN3O4S/c1-16(24(30)29-12-10-17-4-2-3-5-23(17)29)28-13-11-22(25(28)31)27-34(32,33)21-9-7-18-14-20(26)8-6-19(18)15-21/h2-9,14-16,22,27H,10-13H2,1H3/t16-,22?/m0/s1. The summed E-state index contributed by atoms with van der Waals surface area (Å²) >= 11 is 6.01. The average molecular weight is 498 g/mol. The van der Waals surface area contributed by atoms with Crippen LogP contribution in [0.3, 0.4) is 0 Å². The summed E-state index contributed by atoms with van der Waals surface area (Å²) in [6.45, 7) is 2.59. The Morgan fingerprint density at radius 1 is 1.06 bits per heavy atom. The molecule has 2 amide bonds. The van der Waals surface area contributed by atoms with E-state index in [9.17, 15) is 18.0 Å². The van der Waals surface area contributed by atoms with Crippen LogP contribution in [0.5, 0.6) is 0 Å². The number of carbonyl (C=O) groups is 2. The van der Waals surface area contributed by atoms with Gasteiger partial charge in [-0.05, 0) is 66.4 Å². The summed E-state index contributed by atoms with van der Waals surface area (Å²) in [5, 5.41) is 2.13. The molecule has 3 aromatic rings. The van der Waals surface area contributed by atoms with Crippen LogP contribution in [0.15, 0.2) is 65.6 Å². The highest BCUT2D eigenvalue weighted by atomic mass is 35.5. The highest BCUT2D eigenvalue weighted by molar-refractivity contribution is 7.89. The van der Waals surface area contributed by atoms with Crippen molar-refractivity contribution in [2.45, 2.75) is 36.7 Å². The molecule has 2 aliphatic rings. The van der Waals surface area contributed by atoms with Crippen molar-refractivity contribution in [3.8, 4) is 0 Å². The third kappa shape index (κ3) is 4.06. The Bertz CT molecular complexity index is 1410. The monoisotopic (exact) mass is 497 g/mol. The van der Waals surface area contributed by atoms with Gasteiger partial charge >= 0.3 is 0 Å². The quantitative estimate of drug-likeness (QED) is 0.585. The molecule has 0 radical (unpaired) electrons. The van der Waals surface area contributed by atoms with Gasteiger partial charge in [-0.1, -0.05) is 41.9 Å². The summed E-state index contributed by atoms with van der Waals surface area (Å²) in [4.78, 5) is 29.5. The molecule has 176 valence electrons. The van der Waals surface area contributed by atoms with Crippen LogP contribution in [0.25, 0.3) is 10.8 Å². The molecule has 1 fully saturated rings. The molecule has 7 nitrogen and oxygen atoms in total. The van der Waals surface area contributed by atoms with Gasteiger partial charge < -0.3 is 9.80 Å². The Morgan fingerprint density at radius 3 is 2.62 bits per heavy atom. The third-order valence-corrected chi connectivity index (χ3v) is 8.30. The number of sulfonamides is 1. The maximum absolute atomic E-state index is 13.2. The highest BCUT2D eigenvalue weighted by Gasteiger charge is 2.41. The molecule has 0 spiro atoms. The lowest BCUT2D eigenvalue weighted by atomic mass is 10.1. The number of anilines is 1. The van der Waals surface area contributed by atoms with Gasteiger partial charge in [0, 0.05) is 23.8 Å². The minimum absolute atomic E-state index is 0.0753. The van der Waals surface area contributed by atoms with Crippen LogP contribution in [0.1, 0.15) is 18.9 Å². The Hall–Kier alpha value is -2.94. The maximum atomic E-state index is 13.2. The smallest absolute Gasteiger partial charge is 0.249 e. The minimum atomic E-state index is -3.93. The van der Waals surface area contributed by atoms with E-state index >= 15 is 0 Å². The molecule has 9 heteroatoms. The van der Waals surface area contributed by atoms with E-state index in [1.54, 1.807) is 42.2 Å². The lowest BCUT2D eigenvalue weighted by molar-refractivity contribution is -0.136. The lowest BCUT2D eigenvalue weighted by Crippen LogP contribution is -2.50. The first-order valence-electron chi connectivity index (χ1n) is 11.2. The molecule has 0 bridgehead atoms. The van der Waals surface area contributed by atoms with E-state index in [2.05, 4.69) is 4.72 Å². The van der Waals surface area contributed by atoms with Crippen LogP contribution < -0.4 is 9.62 Å². The predicted molar refractivity (Wildman–Crippen MR) is 131 cm³/mol. The molecular weight excluding hydrogens is 474 g/mol. The van der Waals surface area contributed by atoms with E-state index in [4.69, 9.17) is 11.6 Å². The van der Waals surface area contributed by atoms with E-state index in [0.29, 0.717) is 24.5 Å². The molecule has 2 atom stereocenters. The lowest BCUT2D eigenvalue weighted by Gasteiger charge is -2.28. The number of halogens is 1. The number of fused-ring (bicyclic) bond motifs is 2. The van der Waals surface area contributed by atoms with Gasteiger partial charge in [-0.2, -0.15) is 4.72 Å². The van der Waals surface area contributed by atoms with Gasteiger partial charge in [0.1, 0.15) is 12.1 Å².